The SMILES string of the molecule is CSC(CO)C(C)NCC(C)c1ccc(F)cc1. The predicted molar refractivity (Wildman–Crippen MR) is 76.7 cm³/mol. The van der Waals surface area contributed by atoms with E-state index in [-0.39, 0.29) is 23.7 Å². The summed E-state index contributed by atoms with van der Waals surface area (Å²) in [6.07, 6.45) is 2.00. The molecule has 0 aliphatic carbocycles. The molecule has 2 N–H and O–H groups in total. The van der Waals surface area contributed by atoms with E-state index < -0.39 is 0 Å². The van der Waals surface area contributed by atoms with E-state index in [1.165, 1.54) is 12.1 Å². The molecule has 3 unspecified atom stereocenters. The van der Waals surface area contributed by atoms with Gasteiger partial charge in [-0.05, 0) is 36.8 Å². The number of hydrogen-bond donors (Lipinski definition) is 2. The molecule has 0 radical (unpaired) electrons. The van der Waals surface area contributed by atoms with Crippen LogP contribution in [0.25, 0.3) is 0 Å². The van der Waals surface area contributed by atoms with Crippen molar-refractivity contribution < 1.29 is 9.50 Å². The Labute approximate surface area is 113 Å². The van der Waals surface area contributed by atoms with Crippen LogP contribution in [0.4, 0.5) is 4.39 Å². The summed E-state index contributed by atoms with van der Waals surface area (Å²) >= 11 is 1.67. The van der Waals surface area contributed by atoms with Gasteiger partial charge in [0.15, 0.2) is 0 Å². The second-order valence-corrected chi connectivity index (χ2v) is 5.68. The highest BCUT2D eigenvalue weighted by atomic mass is 32.2. The Bertz CT molecular complexity index is 340. The van der Waals surface area contributed by atoms with Crippen LogP contribution in [0.3, 0.4) is 0 Å². The average Bonchev–Trinajstić information content (AvgIpc) is 2.38. The third-order valence-corrected chi connectivity index (χ3v) is 4.39. The van der Waals surface area contributed by atoms with Crippen LogP contribution in [-0.4, -0.2) is 35.8 Å². The van der Waals surface area contributed by atoms with Crippen molar-refractivity contribution in [3.8, 4) is 0 Å². The first kappa shape index (κ1) is 15.5. The van der Waals surface area contributed by atoms with Crippen LogP contribution < -0.4 is 5.32 Å². The molecule has 4 heteroatoms. The number of hydrogen-bond acceptors (Lipinski definition) is 3. The quantitative estimate of drug-likeness (QED) is 0.799. The molecule has 102 valence electrons. The van der Waals surface area contributed by atoms with Crippen molar-refractivity contribution in [1.82, 2.24) is 5.32 Å². The minimum absolute atomic E-state index is 0.181. The minimum atomic E-state index is -0.199. The third kappa shape index (κ3) is 4.59. The fourth-order valence-corrected chi connectivity index (χ4v) is 2.49. The number of benzene rings is 1. The molecule has 0 aromatic heterocycles. The van der Waals surface area contributed by atoms with Gasteiger partial charge in [-0.25, -0.2) is 4.39 Å². The molecule has 3 atom stereocenters. The maximum absolute atomic E-state index is 12.8. The van der Waals surface area contributed by atoms with Crippen molar-refractivity contribution in [2.45, 2.75) is 31.1 Å². The molecule has 1 aromatic rings. The summed E-state index contributed by atoms with van der Waals surface area (Å²) < 4.78 is 12.8. The van der Waals surface area contributed by atoms with Gasteiger partial charge < -0.3 is 10.4 Å². The fraction of sp³-hybridized carbons (Fsp3) is 0.571. The summed E-state index contributed by atoms with van der Waals surface area (Å²) in [4.78, 5) is 0. The van der Waals surface area contributed by atoms with Gasteiger partial charge in [0, 0.05) is 17.8 Å². The van der Waals surface area contributed by atoms with Gasteiger partial charge in [0.05, 0.1) is 6.61 Å². The fourth-order valence-electron chi connectivity index (χ4n) is 1.84. The predicted octanol–water partition coefficient (Wildman–Crippen LogP) is 2.63. The van der Waals surface area contributed by atoms with E-state index in [0.29, 0.717) is 5.92 Å². The number of nitrogens with one attached hydrogen (secondary N) is 1. The Balaban J connectivity index is 2.45. The topological polar surface area (TPSA) is 32.3 Å². The molecule has 2 nitrogen and oxygen atoms in total. The standard InChI is InChI=1S/C14H22FNOS/c1-10(12-4-6-13(15)7-5-12)8-16-11(2)14(9-17)18-3/h4-7,10-11,14,16-17H,8-9H2,1-3H3. The van der Waals surface area contributed by atoms with Crippen molar-refractivity contribution in [3.05, 3.63) is 35.6 Å². The second kappa shape index (κ2) is 7.77. The Kier molecular flexibility index (Phi) is 6.68. The number of aliphatic hydroxyl groups is 1. The third-order valence-electron chi connectivity index (χ3n) is 3.23. The summed E-state index contributed by atoms with van der Waals surface area (Å²) in [5.41, 5.74) is 1.13. The molecular formula is C14H22FNOS. The van der Waals surface area contributed by atoms with Crippen molar-refractivity contribution in [2.24, 2.45) is 0 Å². The van der Waals surface area contributed by atoms with Crippen molar-refractivity contribution in [3.63, 3.8) is 0 Å². The summed E-state index contributed by atoms with van der Waals surface area (Å²) in [6, 6.07) is 6.89. The molecule has 0 saturated carbocycles. The number of halogens is 1. The monoisotopic (exact) mass is 271 g/mol. The molecule has 0 spiro atoms. The lowest BCUT2D eigenvalue weighted by atomic mass is 10.0. The smallest absolute Gasteiger partial charge is 0.123 e. The molecular weight excluding hydrogens is 249 g/mol. The Morgan fingerprint density at radius 2 is 1.89 bits per heavy atom. The highest BCUT2D eigenvalue weighted by Gasteiger charge is 2.15. The molecule has 1 rings (SSSR count). The zero-order valence-electron chi connectivity index (χ0n) is 11.2. The van der Waals surface area contributed by atoms with E-state index in [1.54, 1.807) is 11.8 Å². The van der Waals surface area contributed by atoms with Gasteiger partial charge in [-0.15, -0.1) is 0 Å². The molecule has 0 heterocycles. The molecule has 0 aliphatic heterocycles. The zero-order valence-corrected chi connectivity index (χ0v) is 12.0. The Hall–Kier alpha value is -0.580. The van der Waals surface area contributed by atoms with Gasteiger partial charge in [0.1, 0.15) is 5.82 Å². The Morgan fingerprint density at radius 3 is 2.39 bits per heavy atom. The van der Waals surface area contributed by atoms with Gasteiger partial charge in [0.25, 0.3) is 0 Å². The van der Waals surface area contributed by atoms with Crippen LogP contribution >= 0.6 is 11.8 Å². The lowest BCUT2D eigenvalue weighted by molar-refractivity contribution is 0.275. The normalized spacial score (nSPS) is 16.3. The van der Waals surface area contributed by atoms with E-state index in [1.807, 2.05) is 18.4 Å². The number of thioether (sulfide) groups is 1. The lowest BCUT2D eigenvalue weighted by Crippen LogP contribution is -2.39. The maximum atomic E-state index is 12.8. The number of aliphatic hydroxyl groups excluding tert-OH is 1. The highest BCUT2D eigenvalue weighted by molar-refractivity contribution is 7.99. The summed E-state index contributed by atoms with van der Waals surface area (Å²) in [5, 5.41) is 12.8. The van der Waals surface area contributed by atoms with Gasteiger partial charge in [0.2, 0.25) is 0 Å². The van der Waals surface area contributed by atoms with Crippen molar-refractivity contribution in [2.75, 3.05) is 19.4 Å². The molecule has 0 bridgehead atoms. The van der Waals surface area contributed by atoms with Gasteiger partial charge in [-0.2, -0.15) is 11.8 Å². The van der Waals surface area contributed by atoms with E-state index in [2.05, 4.69) is 19.2 Å². The van der Waals surface area contributed by atoms with E-state index in [0.717, 1.165) is 12.1 Å². The van der Waals surface area contributed by atoms with Gasteiger partial charge in [-0.1, -0.05) is 19.1 Å². The highest BCUT2D eigenvalue weighted by Crippen LogP contribution is 2.16. The Morgan fingerprint density at radius 1 is 1.28 bits per heavy atom. The van der Waals surface area contributed by atoms with Crippen molar-refractivity contribution in [1.29, 1.82) is 0 Å². The van der Waals surface area contributed by atoms with Crippen LogP contribution in [0.1, 0.15) is 25.3 Å². The first-order chi connectivity index (χ1) is 8.58. The van der Waals surface area contributed by atoms with E-state index in [4.69, 9.17) is 0 Å². The largest absolute Gasteiger partial charge is 0.395 e. The second-order valence-electron chi connectivity index (χ2n) is 4.61. The van der Waals surface area contributed by atoms with Gasteiger partial charge >= 0.3 is 0 Å². The van der Waals surface area contributed by atoms with Crippen LogP contribution in [0.2, 0.25) is 0 Å². The zero-order chi connectivity index (χ0) is 13.5. The van der Waals surface area contributed by atoms with E-state index in [9.17, 15) is 9.50 Å². The van der Waals surface area contributed by atoms with Crippen molar-refractivity contribution >= 4 is 11.8 Å². The average molecular weight is 271 g/mol. The summed E-state index contributed by atoms with van der Waals surface area (Å²) in [7, 11) is 0. The molecule has 0 fully saturated rings. The summed E-state index contributed by atoms with van der Waals surface area (Å²) in [5.74, 6) is 0.129. The van der Waals surface area contributed by atoms with Crippen LogP contribution in [-0.2, 0) is 0 Å². The molecule has 0 aliphatic rings. The lowest BCUT2D eigenvalue weighted by Gasteiger charge is -2.23. The number of rotatable bonds is 7. The van der Waals surface area contributed by atoms with Gasteiger partial charge in [-0.3, -0.25) is 0 Å². The van der Waals surface area contributed by atoms with Crippen LogP contribution in [0, 0.1) is 5.82 Å². The first-order valence-corrected chi connectivity index (χ1v) is 7.49. The molecule has 0 amide bonds. The molecule has 1 aromatic carbocycles. The minimum Gasteiger partial charge on any atom is -0.395 e. The maximum Gasteiger partial charge on any atom is 0.123 e. The molecule has 18 heavy (non-hydrogen) atoms. The summed E-state index contributed by atoms with van der Waals surface area (Å²) in [6.45, 7) is 5.19. The van der Waals surface area contributed by atoms with Crippen LogP contribution in [0.5, 0.6) is 0 Å². The first-order valence-electron chi connectivity index (χ1n) is 6.21. The van der Waals surface area contributed by atoms with E-state index >= 15 is 0 Å². The molecule has 0 saturated heterocycles. The van der Waals surface area contributed by atoms with Crippen LogP contribution in [0.15, 0.2) is 24.3 Å².